The van der Waals surface area contributed by atoms with E-state index in [2.05, 4.69) is 21.5 Å². The third-order valence-electron chi connectivity index (χ3n) is 3.75. The van der Waals surface area contributed by atoms with Crippen LogP contribution in [0.4, 0.5) is 5.69 Å². The Bertz CT molecular complexity index is 961. The number of benzene rings is 2. The molecule has 4 N–H and O–H groups in total. The molecule has 2 aromatic rings. The van der Waals surface area contributed by atoms with E-state index in [-0.39, 0.29) is 11.0 Å². The molecule has 2 aromatic carbocycles. The molecule has 156 valence electrons. The van der Waals surface area contributed by atoms with Gasteiger partial charge in [0.2, 0.25) is 11.8 Å². The van der Waals surface area contributed by atoms with Crippen LogP contribution in [0.2, 0.25) is 5.02 Å². The van der Waals surface area contributed by atoms with Crippen molar-refractivity contribution in [2.24, 2.45) is 0 Å². The number of hydrogen-bond donors (Lipinski definition) is 4. The Morgan fingerprint density at radius 1 is 1.03 bits per heavy atom. The van der Waals surface area contributed by atoms with Crippen LogP contribution in [0.1, 0.15) is 35.7 Å². The third-order valence-corrected chi connectivity index (χ3v) is 4.30. The summed E-state index contributed by atoms with van der Waals surface area (Å²) >= 11 is 11.0. The lowest BCUT2D eigenvalue weighted by Gasteiger charge is -2.10. The molecule has 0 bridgehead atoms. The number of anilines is 1. The fraction of sp³-hybridized carbons (Fsp3) is 0.143. The zero-order valence-electron chi connectivity index (χ0n) is 16.2. The van der Waals surface area contributed by atoms with Crippen molar-refractivity contribution in [3.8, 4) is 0 Å². The van der Waals surface area contributed by atoms with Gasteiger partial charge in [-0.15, -0.1) is 0 Å². The summed E-state index contributed by atoms with van der Waals surface area (Å²) in [7, 11) is 0. The number of thiocarbonyl (C=S) groups is 1. The minimum Gasteiger partial charge on any atom is -0.326 e. The van der Waals surface area contributed by atoms with Crippen LogP contribution in [0.5, 0.6) is 0 Å². The summed E-state index contributed by atoms with van der Waals surface area (Å²) in [6.07, 6.45) is 4.02. The highest BCUT2D eigenvalue weighted by molar-refractivity contribution is 7.80. The van der Waals surface area contributed by atoms with Crippen molar-refractivity contribution in [2.45, 2.75) is 19.8 Å². The van der Waals surface area contributed by atoms with Crippen LogP contribution >= 0.6 is 23.8 Å². The predicted octanol–water partition coefficient (Wildman–Crippen LogP) is 3.43. The number of carbonyl (C=O) groups is 3. The Labute approximate surface area is 184 Å². The van der Waals surface area contributed by atoms with Gasteiger partial charge in [-0.25, -0.2) is 0 Å². The van der Waals surface area contributed by atoms with Gasteiger partial charge in [0.05, 0.1) is 0 Å². The number of hydrazine groups is 1. The minimum absolute atomic E-state index is 0.0689. The zero-order chi connectivity index (χ0) is 21.9. The fourth-order valence-corrected chi connectivity index (χ4v) is 2.65. The number of carbonyl (C=O) groups excluding carboxylic acids is 3. The molecule has 0 heterocycles. The van der Waals surface area contributed by atoms with E-state index in [0.717, 1.165) is 6.42 Å². The first-order chi connectivity index (χ1) is 14.4. The second-order valence-corrected chi connectivity index (χ2v) is 6.94. The molecule has 0 aliphatic carbocycles. The summed E-state index contributed by atoms with van der Waals surface area (Å²) in [4.78, 5) is 35.6. The van der Waals surface area contributed by atoms with Crippen LogP contribution in [0, 0.1) is 0 Å². The summed E-state index contributed by atoms with van der Waals surface area (Å²) in [5.74, 6) is -1.01. The lowest BCUT2D eigenvalue weighted by atomic mass is 10.2. The van der Waals surface area contributed by atoms with Crippen LogP contribution in [-0.4, -0.2) is 22.8 Å². The molecule has 7 nitrogen and oxygen atoms in total. The molecule has 2 rings (SSSR count). The first-order valence-electron chi connectivity index (χ1n) is 9.13. The fourth-order valence-electron chi connectivity index (χ4n) is 2.30. The molecular weight excluding hydrogens is 424 g/mol. The maximum Gasteiger partial charge on any atom is 0.269 e. The van der Waals surface area contributed by atoms with E-state index in [1.54, 1.807) is 54.6 Å². The first kappa shape index (κ1) is 23.1. The van der Waals surface area contributed by atoms with Crippen molar-refractivity contribution >= 4 is 58.4 Å². The Morgan fingerprint density at radius 3 is 2.40 bits per heavy atom. The van der Waals surface area contributed by atoms with E-state index in [9.17, 15) is 14.4 Å². The van der Waals surface area contributed by atoms with Crippen molar-refractivity contribution in [1.82, 2.24) is 16.2 Å². The van der Waals surface area contributed by atoms with Crippen LogP contribution in [0.3, 0.4) is 0 Å². The van der Waals surface area contributed by atoms with Crippen LogP contribution in [0.25, 0.3) is 6.08 Å². The topological polar surface area (TPSA) is 99.3 Å². The van der Waals surface area contributed by atoms with E-state index in [4.69, 9.17) is 23.8 Å². The Balaban J connectivity index is 1.79. The molecule has 0 atom stereocenters. The molecule has 30 heavy (non-hydrogen) atoms. The van der Waals surface area contributed by atoms with Gasteiger partial charge in [0, 0.05) is 28.8 Å². The van der Waals surface area contributed by atoms with Gasteiger partial charge in [-0.05, 0) is 60.6 Å². The second-order valence-electron chi connectivity index (χ2n) is 6.13. The van der Waals surface area contributed by atoms with Gasteiger partial charge in [-0.3, -0.25) is 30.6 Å². The number of amides is 3. The standard InChI is InChI=1S/C21H21ClN4O3S/c1-2-5-18(27)23-16-11-8-15(9-12-16)20(29)25-26-21(30)24-19(28)13-10-14-6-3-4-7-17(14)22/h3-4,6-13H,2,5H2,1H3,(H,23,27)(H,25,29)(H2,24,26,28,30). The van der Waals surface area contributed by atoms with E-state index < -0.39 is 11.8 Å². The van der Waals surface area contributed by atoms with E-state index in [1.165, 1.54) is 6.08 Å². The van der Waals surface area contributed by atoms with Crippen LogP contribution < -0.4 is 21.5 Å². The third kappa shape index (κ3) is 7.65. The summed E-state index contributed by atoms with van der Waals surface area (Å²) in [6.45, 7) is 1.92. The normalized spacial score (nSPS) is 10.3. The highest BCUT2D eigenvalue weighted by atomic mass is 35.5. The zero-order valence-corrected chi connectivity index (χ0v) is 17.8. The number of hydrogen-bond acceptors (Lipinski definition) is 4. The number of halogens is 1. The smallest absolute Gasteiger partial charge is 0.269 e. The average molecular weight is 445 g/mol. The highest BCUT2D eigenvalue weighted by Crippen LogP contribution is 2.16. The van der Waals surface area contributed by atoms with Crippen molar-refractivity contribution in [3.05, 3.63) is 70.8 Å². The van der Waals surface area contributed by atoms with Crippen molar-refractivity contribution in [1.29, 1.82) is 0 Å². The summed E-state index contributed by atoms with van der Waals surface area (Å²) in [6, 6.07) is 13.5. The SMILES string of the molecule is CCCC(=O)Nc1ccc(C(=O)NNC(=S)NC(=O)C=Cc2ccccc2Cl)cc1. The van der Waals surface area contributed by atoms with Crippen LogP contribution in [-0.2, 0) is 9.59 Å². The summed E-state index contributed by atoms with van der Waals surface area (Å²) in [5, 5.41) is 5.60. The molecular formula is C21H21ClN4O3S. The van der Waals surface area contributed by atoms with Gasteiger partial charge in [0.1, 0.15) is 0 Å². The predicted molar refractivity (Wildman–Crippen MR) is 122 cm³/mol. The maximum absolute atomic E-state index is 12.2. The minimum atomic E-state index is -0.478. The van der Waals surface area contributed by atoms with Gasteiger partial charge >= 0.3 is 0 Å². The van der Waals surface area contributed by atoms with E-state index in [0.29, 0.717) is 28.3 Å². The van der Waals surface area contributed by atoms with Gasteiger partial charge in [-0.1, -0.05) is 36.7 Å². The lowest BCUT2D eigenvalue weighted by molar-refractivity contribution is -0.116. The van der Waals surface area contributed by atoms with Crippen LogP contribution in [0.15, 0.2) is 54.6 Å². The molecule has 0 radical (unpaired) electrons. The van der Waals surface area contributed by atoms with E-state index >= 15 is 0 Å². The maximum atomic E-state index is 12.2. The quantitative estimate of drug-likeness (QED) is 0.311. The monoisotopic (exact) mass is 444 g/mol. The number of rotatable bonds is 6. The molecule has 0 saturated carbocycles. The van der Waals surface area contributed by atoms with E-state index in [1.807, 2.05) is 6.92 Å². The van der Waals surface area contributed by atoms with Gasteiger partial charge < -0.3 is 5.32 Å². The molecule has 0 unspecified atom stereocenters. The molecule has 0 aromatic heterocycles. The second kappa shape index (κ2) is 11.7. The Morgan fingerprint density at radius 2 is 1.73 bits per heavy atom. The van der Waals surface area contributed by atoms with Gasteiger partial charge in [0.15, 0.2) is 5.11 Å². The molecule has 9 heteroatoms. The molecule has 3 amide bonds. The van der Waals surface area contributed by atoms with Gasteiger partial charge in [-0.2, -0.15) is 0 Å². The Hall–Kier alpha value is -3.23. The summed E-state index contributed by atoms with van der Waals surface area (Å²) < 4.78 is 0. The largest absolute Gasteiger partial charge is 0.326 e. The molecule has 0 aliphatic heterocycles. The Kier molecular flexibility index (Phi) is 8.99. The van der Waals surface area contributed by atoms with Crippen molar-refractivity contribution in [2.75, 3.05) is 5.32 Å². The average Bonchev–Trinajstić information content (AvgIpc) is 2.72. The van der Waals surface area contributed by atoms with Crippen molar-refractivity contribution < 1.29 is 14.4 Å². The molecule has 0 fully saturated rings. The molecule has 0 aliphatic rings. The lowest BCUT2D eigenvalue weighted by Crippen LogP contribution is -2.48. The first-order valence-corrected chi connectivity index (χ1v) is 9.91. The highest BCUT2D eigenvalue weighted by Gasteiger charge is 2.08. The molecule has 0 spiro atoms. The van der Waals surface area contributed by atoms with Crippen molar-refractivity contribution in [3.63, 3.8) is 0 Å². The van der Waals surface area contributed by atoms with Gasteiger partial charge in [0.25, 0.3) is 5.91 Å². The summed E-state index contributed by atoms with van der Waals surface area (Å²) in [5.41, 5.74) is 6.49. The molecule has 0 saturated heterocycles. The number of nitrogens with one attached hydrogen (secondary N) is 4.